The highest BCUT2D eigenvalue weighted by Gasteiger charge is 2.12. The summed E-state index contributed by atoms with van der Waals surface area (Å²) in [5, 5.41) is 7.69. The molecule has 22 heavy (non-hydrogen) atoms. The van der Waals surface area contributed by atoms with Crippen molar-refractivity contribution in [2.75, 3.05) is 13.2 Å². The molecule has 1 N–H and O–H groups in total. The minimum Gasteiger partial charge on any atom is -0.490 e. The Balaban J connectivity index is 1.82. The molecule has 1 aromatic heterocycles. The molecule has 1 amide bonds. The molecule has 118 valence electrons. The van der Waals surface area contributed by atoms with Crippen LogP contribution in [0.15, 0.2) is 30.3 Å². The molecule has 0 saturated heterocycles. The lowest BCUT2D eigenvalue weighted by Gasteiger charge is -2.08. The maximum atomic E-state index is 12.1. The van der Waals surface area contributed by atoms with Crippen molar-refractivity contribution in [1.29, 1.82) is 0 Å². The van der Waals surface area contributed by atoms with Crippen molar-refractivity contribution >= 4 is 17.5 Å². The summed E-state index contributed by atoms with van der Waals surface area (Å²) in [4.78, 5) is 12.1. The third-order valence-corrected chi connectivity index (χ3v) is 3.46. The Hall–Kier alpha value is -2.01. The van der Waals surface area contributed by atoms with Crippen LogP contribution in [-0.2, 0) is 13.5 Å². The lowest BCUT2D eigenvalue weighted by Crippen LogP contribution is -2.29. The lowest BCUT2D eigenvalue weighted by atomic mass is 10.2. The number of nitrogens with zero attached hydrogens (tertiary/aromatic N) is 2. The Morgan fingerprint density at radius 1 is 1.41 bits per heavy atom. The van der Waals surface area contributed by atoms with E-state index in [4.69, 9.17) is 16.3 Å². The van der Waals surface area contributed by atoms with E-state index in [0.29, 0.717) is 29.6 Å². The number of para-hydroxylation sites is 1. The number of hydrogen-bond acceptors (Lipinski definition) is 3. The second-order valence-corrected chi connectivity index (χ2v) is 5.34. The van der Waals surface area contributed by atoms with E-state index in [-0.39, 0.29) is 5.91 Å². The first-order chi connectivity index (χ1) is 10.6. The predicted octanol–water partition coefficient (Wildman–Crippen LogP) is 2.83. The number of amides is 1. The molecule has 0 aliphatic rings. The molecule has 0 spiro atoms. The van der Waals surface area contributed by atoms with E-state index in [1.54, 1.807) is 23.9 Å². The Kier molecular flexibility index (Phi) is 5.83. The summed E-state index contributed by atoms with van der Waals surface area (Å²) in [6.07, 6.45) is 1.88. The van der Waals surface area contributed by atoms with Crippen molar-refractivity contribution in [2.45, 2.75) is 19.8 Å². The zero-order valence-electron chi connectivity index (χ0n) is 12.8. The molecule has 2 aromatic rings. The highest BCUT2D eigenvalue weighted by Crippen LogP contribution is 2.22. The average molecular weight is 322 g/mol. The van der Waals surface area contributed by atoms with Gasteiger partial charge in [-0.25, -0.2) is 0 Å². The molecule has 0 unspecified atom stereocenters. The van der Waals surface area contributed by atoms with Gasteiger partial charge < -0.3 is 10.1 Å². The van der Waals surface area contributed by atoms with Gasteiger partial charge in [0.2, 0.25) is 0 Å². The second-order valence-electron chi connectivity index (χ2n) is 4.93. The number of aryl methyl sites for hydroxylation is 2. The van der Waals surface area contributed by atoms with Gasteiger partial charge in [0.1, 0.15) is 18.1 Å². The molecule has 0 fully saturated rings. The first-order valence-electron chi connectivity index (χ1n) is 7.30. The molecule has 2 rings (SSSR count). The normalized spacial score (nSPS) is 10.5. The number of aromatic nitrogens is 2. The van der Waals surface area contributed by atoms with Crippen molar-refractivity contribution in [3.05, 3.63) is 46.7 Å². The lowest BCUT2D eigenvalue weighted by molar-refractivity contribution is 0.0937. The Bertz CT molecular complexity index is 640. The quantitative estimate of drug-likeness (QED) is 0.798. The van der Waals surface area contributed by atoms with E-state index in [9.17, 15) is 4.79 Å². The SMILES string of the molecule is CCCc1cc(C(=O)NCCOc2ccccc2Cl)n(C)n1. The average Bonchev–Trinajstić information content (AvgIpc) is 2.86. The van der Waals surface area contributed by atoms with Gasteiger partial charge in [-0.2, -0.15) is 5.10 Å². The standard InChI is InChI=1S/C16H20ClN3O2/c1-3-6-12-11-14(20(2)19-12)16(21)18-9-10-22-15-8-5-4-7-13(15)17/h4-5,7-8,11H,3,6,9-10H2,1-2H3,(H,18,21). The van der Waals surface area contributed by atoms with Crippen molar-refractivity contribution < 1.29 is 9.53 Å². The number of nitrogens with one attached hydrogen (secondary N) is 1. The van der Waals surface area contributed by atoms with Gasteiger partial charge in [-0.1, -0.05) is 37.1 Å². The number of rotatable bonds is 7. The van der Waals surface area contributed by atoms with Crippen LogP contribution in [0.4, 0.5) is 0 Å². The fourth-order valence-corrected chi connectivity index (χ4v) is 2.29. The van der Waals surface area contributed by atoms with E-state index >= 15 is 0 Å². The number of halogens is 1. The molecule has 0 atom stereocenters. The summed E-state index contributed by atoms with van der Waals surface area (Å²) in [7, 11) is 1.77. The van der Waals surface area contributed by atoms with E-state index in [2.05, 4.69) is 17.3 Å². The third-order valence-electron chi connectivity index (χ3n) is 3.15. The minimum atomic E-state index is -0.153. The third kappa shape index (κ3) is 4.24. The maximum absolute atomic E-state index is 12.1. The molecule has 6 heteroatoms. The van der Waals surface area contributed by atoms with Crippen LogP contribution >= 0.6 is 11.6 Å². The smallest absolute Gasteiger partial charge is 0.269 e. The molecule has 1 aromatic carbocycles. The van der Waals surface area contributed by atoms with Gasteiger partial charge in [0, 0.05) is 7.05 Å². The molecule has 0 aliphatic heterocycles. The number of ether oxygens (including phenoxy) is 1. The monoisotopic (exact) mass is 321 g/mol. The first kappa shape index (κ1) is 16.4. The summed E-state index contributed by atoms with van der Waals surface area (Å²) < 4.78 is 7.13. The summed E-state index contributed by atoms with van der Waals surface area (Å²) in [5.41, 5.74) is 1.49. The van der Waals surface area contributed by atoms with E-state index in [1.165, 1.54) is 0 Å². The molecule has 5 nitrogen and oxygen atoms in total. The van der Waals surface area contributed by atoms with Crippen LogP contribution in [0, 0.1) is 0 Å². The van der Waals surface area contributed by atoms with Crippen molar-refractivity contribution in [3.8, 4) is 5.75 Å². The van der Waals surface area contributed by atoms with Crippen LogP contribution in [0.2, 0.25) is 5.02 Å². The summed E-state index contributed by atoms with van der Waals surface area (Å²) in [6.45, 7) is 2.84. The van der Waals surface area contributed by atoms with Crippen molar-refractivity contribution in [1.82, 2.24) is 15.1 Å². The number of carbonyl (C=O) groups excluding carboxylic acids is 1. The highest BCUT2D eigenvalue weighted by atomic mass is 35.5. The summed E-state index contributed by atoms with van der Waals surface area (Å²) in [6, 6.07) is 9.08. The molecule has 1 heterocycles. The fraction of sp³-hybridized carbons (Fsp3) is 0.375. The van der Waals surface area contributed by atoms with E-state index in [1.807, 2.05) is 18.2 Å². The van der Waals surface area contributed by atoms with Gasteiger partial charge in [0.15, 0.2) is 0 Å². The molecule has 0 saturated carbocycles. The molecular formula is C16H20ClN3O2. The Morgan fingerprint density at radius 2 is 2.18 bits per heavy atom. The predicted molar refractivity (Wildman–Crippen MR) is 86.5 cm³/mol. The van der Waals surface area contributed by atoms with Crippen LogP contribution in [0.3, 0.4) is 0 Å². The van der Waals surface area contributed by atoms with Gasteiger partial charge in [0.05, 0.1) is 17.3 Å². The van der Waals surface area contributed by atoms with Gasteiger partial charge in [-0.05, 0) is 24.6 Å². The van der Waals surface area contributed by atoms with Gasteiger partial charge >= 0.3 is 0 Å². The Labute approximate surface area is 135 Å². The topological polar surface area (TPSA) is 56.1 Å². The molecule has 0 aliphatic carbocycles. The number of hydrogen-bond donors (Lipinski definition) is 1. The van der Waals surface area contributed by atoms with Crippen LogP contribution in [0.25, 0.3) is 0 Å². The second kappa shape index (κ2) is 7.84. The van der Waals surface area contributed by atoms with Gasteiger partial charge in [-0.3, -0.25) is 9.48 Å². The molecule has 0 bridgehead atoms. The van der Waals surface area contributed by atoms with Crippen molar-refractivity contribution in [2.24, 2.45) is 7.05 Å². The largest absolute Gasteiger partial charge is 0.490 e. The van der Waals surface area contributed by atoms with Crippen molar-refractivity contribution in [3.63, 3.8) is 0 Å². The zero-order chi connectivity index (χ0) is 15.9. The van der Waals surface area contributed by atoms with E-state index < -0.39 is 0 Å². The maximum Gasteiger partial charge on any atom is 0.269 e. The summed E-state index contributed by atoms with van der Waals surface area (Å²) >= 11 is 5.99. The van der Waals surface area contributed by atoms with Crippen LogP contribution in [-0.4, -0.2) is 28.8 Å². The summed E-state index contributed by atoms with van der Waals surface area (Å²) in [5.74, 6) is 0.462. The van der Waals surface area contributed by atoms with E-state index in [0.717, 1.165) is 18.5 Å². The minimum absolute atomic E-state index is 0.153. The van der Waals surface area contributed by atoms with Gasteiger partial charge in [-0.15, -0.1) is 0 Å². The van der Waals surface area contributed by atoms with Gasteiger partial charge in [0.25, 0.3) is 5.91 Å². The fourth-order valence-electron chi connectivity index (χ4n) is 2.10. The number of carbonyl (C=O) groups is 1. The van der Waals surface area contributed by atoms with Crippen LogP contribution < -0.4 is 10.1 Å². The van der Waals surface area contributed by atoms with Crippen LogP contribution in [0.1, 0.15) is 29.5 Å². The Morgan fingerprint density at radius 3 is 2.91 bits per heavy atom. The van der Waals surface area contributed by atoms with Crippen LogP contribution in [0.5, 0.6) is 5.75 Å². The molecule has 0 radical (unpaired) electrons. The molecular weight excluding hydrogens is 302 g/mol. The number of benzene rings is 1. The zero-order valence-corrected chi connectivity index (χ0v) is 13.6. The highest BCUT2D eigenvalue weighted by molar-refractivity contribution is 6.32. The first-order valence-corrected chi connectivity index (χ1v) is 7.68.